The Morgan fingerprint density at radius 1 is 0.870 bits per heavy atom. The normalized spacial score (nSPS) is 10.5. The van der Waals surface area contributed by atoms with Crippen LogP contribution in [0.5, 0.6) is 11.5 Å². The predicted molar refractivity (Wildman–Crippen MR) is 91.1 cm³/mol. The number of benzene rings is 2. The van der Waals surface area contributed by atoms with Gasteiger partial charge in [0.25, 0.3) is 0 Å². The van der Waals surface area contributed by atoms with E-state index in [0.717, 1.165) is 48.1 Å². The first kappa shape index (κ1) is 17.1. The van der Waals surface area contributed by atoms with Crippen molar-refractivity contribution in [2.75, 3.05) is 19.8 Å². The molecule has 0 aliphatic carbocycles. The van der Waals surface area contributed by atoms with Crippen LogP contribution in [-0.2, 0) is 9.53 Å². The Balaban J connectivity index is 1.84. The third kappa shape index (κ3) is 5.81. The average molecular weight is 316 g/mol. The summed E-state index contributed by atoms with van der Waals surface area (Å²) >= 11 is 0. The second-order valence-corrected chi connectivity index (χ2v) is 5.41. The molecule has 0 bridgehead atoms. The number of rotatable bonds is 9. The van der Waals surface area contributed by atoms with Gasteiger partial charge in [0.05, 0.1) is 19.8 Å². The van der Waals surface area contributed by atoms with Crippen LogP contribution in [0, 0.1) is 0 Å². The second kappa shape index (κ2) is 9.03. The minimum atomic E-state index is -0.234. The van der Waals surface area contributed by atoms with Gasteiger partial charge in [-0.25, -0.2) is 0 Å². The van der Waals surface area contributed by atoms with Gasteiger partial charge >= 0.3 is 5.97 Å². The van der Waals surface area contributed by atoms with Crippen LogP contribution >= 0.6 is 0 Å². The number of carbonyl (C=O) groups excluding carboxylic acids is 1. The van der Waals surface area contributed by atoms with Crippen molar-refractivity contribution in [3.05, 3.63) is 36.4 Å². The van der Waals surface area contributed by atoms with Gasteiger partial charge in [-0.3, -0.25) is 4.79 Å². The van der Waals surface area contributed by atoms with E-state index in [9.17, 15) is 4.79 Å². The van der Waals surface area contributed by atoms with Crippen molar-refractivity contribution >= 4 is 16.7 Å². The van der Waals surface area contributed by atoms with E-state index in [4.69, 9.17) is 14.2 Å². The molecule has 2 aromatic rings. The number of fused-ring (bicyclic) bond motifs is 1. The van der Waals surface area contributed by atoms with Gasteiger partial charge in [0.1, 0.15) is 11.5 Å². The third-order valence-electron chi connectivity index (χ3n) is 3.37. The Hall–Kier alpha value is -2.23. The highest BCUT2D eigenvalue weighted by Gasteiger charge is 2.01. The molecule has 0 heterocycles. The standard InChI is InChI=1S/C19H24O4/c1-3-10-22-18-8-6-17-14-19(9-7-16(17)13-18)23-12-5-4-11-21-15(2)20/h6-9,13-14H,3-5,10-12H2,1-2H3. The lowest BCUT2D eigenvalue weighted by molar-refractivity contribution is -0.141. The van der Waals surface area contributed by atoms with Crippen LogP contribution < -0.4 is 9.47 Å². The smallest absolute Gasteiger partial charge is 0.302 e. The number of esters is 1. The van der Waals surface area contributed by atoms with Crippen LogP contribution in [0.1, 0.15) is 33.1 Å². The molecule has 0 saturated heterocycles. The van der Waals surface area contributed by atoms with E-state index in [0.29, 0.717) is 13.2 Å². The first-order valence-electron chi connectivity index (χ1n) is 8.12. The minimum Gasteiger partial charge on any atom is -0.494 e. The number of ether oxygens (including phenoxy) is 3. The molecule has 0 atom stereocenters. The van der Waals surface area contributed by atoms with Crippen molar-refractivity contribution in [3.8, 4) is 11.5 Å². The van der Waals surface area contributed by atoms with Crippen LogP contribution in [0.2, 0.25) is 0 Å². The molecule has 4 nitrogen and oxygen atoms in total. The first-order chi connectivity index (χ1) is 11.2. The summed E-state index contributed by atoms with van der Waals surface area (Å²) in [6.07, 6.45) is 2.67. The molecule has 0 aromatic heterocycles. The summed E-state index contributed by atoms with van der Waals surface area (Å²) in [5, 5.41) is 2.27. The highest BCUT2D eigenvalue weighted by atomic mass is 16.5. The molecule has 23 heavy (non-hydrogen) atoms. The van der Waals surface area contributed by atoms with Crippen molar-refractivity contribution in [2.24, 2.45) is 0 Å². The summed E-state index contributed by atoms with van der Waals surface area (Å²) in [5.41, 5.74) is 0. The zero-order valence-corrected chi connectivity index (χ0v) is 13.8. The summed E-state index contributed by atoms with van der Waals surface area (Å²) < 4.78 is 16.3. The molecular weight excluding hydrogens is 292 g/mol. The Labute approximate surface area is 137 Å². The van der Waals surface area contributed by atoms with Crippen molar-refractivity contribution in [1.29, 1.82) is 0 Å². The lowest BCUT2D eigenvalue weighted by Crippen LogP contribution is -2.03. The molecule has 0 unspecified atom stereocenters. The molecule has 0 N–H and O–H groups in total. The molecule has 4 heteroatoms. The van der Waals surface area contributed by atoms with Gasteiger partial charge in [-0.2, -0.15) is 0 Å². The van der Waals surface area contributed by atoms with E-state index in [2.05, 4.69) is 6.92 Å². The van der Waals surface area contributed by atoms with Gasteiger partial charge in [0, 0.05) is 6.92 Å². The highest BCUT2D eigenvalue weighted by molar-refractivity contribution is 5.85. The quantitative estimate of drug-likeness (QED) is 0.509. The van der Waals surface area contributed by atoms with Crippen molar-refractivity contribution < 1.29 is 19.0 Å². The highest BCUT2D eigenvalue weighted by Crippen LogP contribution is 2.25. The fourth-order valence-electron chi connectivity index (χ4n) is 2.21. The maximum Gasteiger partial charge on any atom is 0.302 e. The second-order valence-electron chi connectivity index (χ2n) is 5.41. The fraction of sp³-hybridized carbons (Fsp3) is 0.421. The van der Waals surface area contributed by atoms with Gasteiger partial charge in [-0.15, -0.1) is 0 Å². The van der Waals surface area contributed by atoms with Crippen LogP contribution in [0.25, 0.3) is 10.8 Å². The maximum absolute atomic E-state index is 10.6. The van der Waals surface area contributed by atoms with Gasteiger partial charge in [-0.05, 0) is 54.3 Å². The zero-order chi connectivity index (χ0) is 16.5. The molecule has 0 radical (unpaired) electrons. The van der Waals surface area contributed by atoms with Gasteiger partial charge in [-0.1, -0.05) is 19.1 Å². The van der Waals surface area contributed by atoms with E-state index < -0.39 is 0 Å². The molecule has 0 fully saturated rings. The first-order valence-corrected chi connectivity index (χ1v) is 8.12. The fourth-order valence-corrected chi connectivity index (χ4v) is 2.21. The van der Waals surface area contributed by atoms with E-state index in [1.807, 2.05) is 36.4 Å². The van der Waals surface area contributed by atoms with Gasteiger partial charge in [0.2, 0.25) is 0 Å². The van der Waals surface area contributed by atoms with Gasteiger partial charge in [0.15, 0.2) is 0 Å². The molecule has 0 saturated carbocycles. The molecule has 0 aliphatic heterocycles. The van der Waals surface area contributed by atoms with Crippen molar-refractivity contribution in [2.45, 2.75) is 33.1 Å². The number of hydrogen-bond acceptors (Lipinski definition) is 4. The Kier molecular flexibility index (Phi) is 6.73. The number of carbonyl (C=O) groups is 1. The molecule has 0 amide bonds. The third-order valence-corrected chi connectivity index (χ3v) is 3.37. The van der Waals surface area contributed by atoms with E-state index >= 15 is 0 Å². The summed E-state index contributed by atoms with van der Waals surface area (Å²) in [6, 6.07) is 12.1. The Morgan fingerprint density at radius 2 is 1.43 bits per heavy atom. The van der Waals surface area contributed by atoms with E-state index in [1.54, 1.807) is 0 Å². The molecule has 2 rings (SSSR count). The molecular formula is C19H24O4. The molecule has 124 valence electrons. The SMILES string of the molecule is CCCOc1ccc2cc(OCCCCOC(C)=O)ccc2c1. The van der Waals surface area contributed by atoms with Crippen molar-refractivity contribution in [3.63, 3.8) is 0 Å². The zero-order valence-electron chi connectivity index (χ0n) is 13.8. The molecule has 0 aliphatic rings. The Morgan fingerprint density at radius 3 is 2.00 bits per heavy atom. The summed E-state index contributed by atoms with van der Waals surface area (Å²) in [4.78, 5) is 10.6. The van der Waals surface area contributed by atoms with Crippen LogP contribution in [0.3, 0.4) is 0 Å². The van der Waals surface area contributed by atoms with Crippen LogP contribution in [-0.4, -0.2) is 25.8 Å². The maximum atomic E-state index is 10.6. The monoisotopic (exact) mass is 316 g/mol. The average Bonchev–Trinajstić information content (AvgIpc) is 2.55. The Bertz CT molecular complexity index is 636. The summed E-state index contributed by atoms with van der Waals surface area (Å²) in [7, 11) is 0. The van der Waals surface area contributed by atoms with Gasteiger partial charge < -0.3 is 14.2 Å². The number of hydrogen-bond donors (Lipinski definition) is 0. The number of unbranched alkanes of at least 4 members (excludes halogenated alkanes) is 1. The topological polar surface area (TPSA) is 44.8 Å². The van der Waals surface area contributed by atoms with Crippen LogP contribution in [0.15, 0.2) is 36.4 Å². The molecule has 2 aromatic carbocycles. The van der Waals surface area contributed by atoms with E-state index in [1.165, 1.54) is 6.92 Å². The molecule has 0 spiro atoms. The van der Waals surface area contributed by atoms with Crippen LogP contribution in [0.4, 0.5) is 0 Å². The predicted octanol–water partition coefficient (Wildman–Crippen LogP) is 4.35. The largest absolute Gasteiger partial charge is 0.494 e. The lowest BCUT2D eigenvalue weighted by atomic mass is 10.1. The van der Waals surface area contributed by atoms with E-state index in [-0.39, 0.29) is 5.97 Å². The minimum absolute atomic E-state index is 0.234. The summed E-state index contributed by atoms with van der Waals surface area (Å²) in [5.74, 6) is 1.52. The van der Waals surface area contributed by atoms with Crippen molar-refractivity contribution in [1.82, 2.24) is 0 Å². The lowest BCUT2D eigenvalue weighted by Gasteiger charge is -2.09. The summed E-state index contributed by atoms with van der Waals surface area (Å²) in [6.45, 7) is 5.32.